The van der Waals surface area contributed by atoms with Gasteiger partial charge in [-0.1, -0.05) is 43.3 Å². The van der Waals surface area contributed by atoms with Gasteiger partial charge in [0.15, 0.2) is 5.78 Å². The molecule has 3 heteroatoms. The van der Waals surface area contributed by atoms with Gasteiger partial charge in [0.05, 0.1) is 10.9 Å². The van der Waals surface area contributed by atoms with Crippen molar-refractivity contribution in [3.05, 3.63) is 58.3 Å². The molecule has 18 heavy (non-hydrogen) atoms. The Morgan fingerprint density at radius 2 is 2.00 bits per heavy atom. The summed E-state index contributed by atoms with van der Waals surface area (Å²) in [6, 6.07) is 15.1. The Bertz CT molecular complexity index is 568. The van der Waals surface area contributed by atoms with Crippen LogP contribution in [0, 0.1) is 11.3 Å². The lowest BCUT2D eigenvalue weighted by molar-refractivity contribution is 0.0922. The molecule has 0 aliphatic carbocycles. The Morgan fingerprint density at radius 1 is 1.28 bits per heavy atom. The van der Waals surface area contributed by atoms with E-state index in [9.17, 15) is 10.1 Å². The van der Waals surface area contributed by atoms with Crippen LogP contribution in [0.4, 0.5) is 0 Å². The fourth-order valence-corrected chi connectivity index (χ4v) is 2.77. The van der Waals surface area contributed by atoms with E-state index in [2.05, 4.69) is 6.07 Å². The van der Waals surface area contributed by atoms with Gasteiger partial charge >= 0.3 is 0 Å². The van der Waals surface area contributed by atoms with Gasteiger partial charge in [-0.15, -0.1) is 11.3 Å². The molecular formula is C15H13NOS. The summed E-state index contributed by atoms with van der Waals surface area (Å²) in [5.41, 5.74) is -0.292. The number of carbonyl (C=O) groups is 1. The highest BCUT2D eigenvalue weighted by Gasteiger charge is 2.39. The second-order valence-corrected chi connectivity index (χ2v) is 4.99. The molecule has 90 valence electrons. The standard InChI is InChI=1S/C15H13NOS/c1-2-15(11-16,12-7-4-3-5-8-12)14(17)13-9-6-10-18-13/h3-10H,2H2,1H3. The zero-order chi connectivity index (χ0) is 13.0. The van der Waals surface area contributed by atoms with E-state index < -0.39 is 5.41 Å². The van der Waals surface area contributed by atoms with Gasteiger partial charge in [0.1, 0.15) is 5.41 Å². The van der Waals surface area contributed by atoms with E-state index in [1.165, 1.54) is 11.3 Å². The second kappa shape index (κ2) is 5.16. The summed E-state index contributed by atoms with van der Waals surface area (Å²) in [6.45, 7) is 1.88. The summed E-state index contributed by atoms with van der Waals surface area (Å²) >= 11 is 1.38. The van der Waals surface area contributed by atoms with E-state index in [1.54, 1.807) is 6.07 Å². The molecule has 2 aromatic rings. The topological polar surface area (TPSA) is 40.9 Å². The first-order valence-corrected chi connectivity index (χ1v) is 6.67. The van der Waals surface area contributed by atoms with Crippen molar-refractivity contribution in [2.45, 2.75) is 18.8 Å². The van der Waals surface area contributed by atoms with Crippen LogP contribution in [0.1, 0.15) is 28.6 Å². The second-order valence-electron chi connectivity index (χ2n) is 4.04. The molecule has 1 aromatic heterocycles. The van der Waals surface area contributed by atoms with Crippen molar-refractivity contribution in [3.8, 4) is 6.07 Å². The van der Waals surface area contributed by atoms with Crippen LogP contribution in [0.5, 0.6) is 0 Å². The van der Waals surface area contributed by atoms with Crippen molar-refractivity contribution >= 4 is 17.1 Å². The highest BCUT2D eigenvalue weighted by atomic mass is 32.1. The molecule has 0 fully saturated rings. The molecule has 2 rings (SSSR count). The molecule has 0 saturated carbocycles. The van der Waals surface area contributed by atoms with Crippen LogP contribution in [-0.2, 0) is 5.41 Å². The van der Waals surface area contributed by atoms with E-state index in [4.69, 9.17) is 0 Å². The number of carbonyl (C=O) groups excluding carboxylic acids is 1. The van der Waals surface area contributed by atoms with Crippen molar-refractivity contribution < 1.29 is 4.79 Å². The van der Waals surface area contributed by atoms with Crippen molar-refractivity contribution in [2.75, 3.05) is 0 Å². The number of rotatable bonds is 4. The molecule has 0 aliphatic heterocycles. The fourth-order valence-electron chi connectivity index (χ4n) is 2.03. The van der Waals surface area contributed by atoms with E-state index in [0.29, 0.717) is 11.3 Å². The van der Waals surface area contributed by atoms with Gasteiger partial charge in [0.25, 0.3) is 0 Å². The minimum Gasteiger partial charge on any atom is -0.291 e. The van der Waals surface area contributed by atoms with Crippen LogP contribution in [0.15, 0.2) is 47.8 Å². The minimum atomic E-state index is -1.06. The largest absolute Gasteiger partial charge is 0.291 e. The summed E-state index contributed by atoms with van der Waals surface area (Å²) in [6.07, 6.45) is 0.476. The summed E-state index contributed by atoms with van der Waals surface area (Å²) < 4.78 is 0. The summed E-state index contributed by atoms with van der Waals surface area (Å²) in [7, 11) is 0. The molecule has 0 bridgehead atoms. The number of Topliss-reactive ketones (excluding diaryl/α,β-unsaturated/α-hetero) is 1. The van der Waals surface area contributed by atoms with Gasteiger partial charge < -0.3 is 0 Å². The first-order valence-electron chi connectivity index (χ1n) is 5.79. The van der Waals surface area contributed by atoms with Crippen LogP contribution in [0.2, 0.25) is 0 Å². The SMILES string of the molecule is CCC(C#N)(C(=O)c1cccs1)c1ccccc1. The van der Waals surface area contributed by atoms with E-state index in [1.807, 2.05) is 48.7 Å². The van der Waals surface area contributed by atoms with Crippen LogP contribution < -0.4 is 0 Å². The fraction of sp³-hybridized carbons (Fsp3) is 0.200. The molecule has 1 aromatic carbocycles. The van der Waals surface area contributed by atoms with Crippen molar-refractivity contribution in [1.29, 1.82) is 5.26 Å². The number of nitriles is 1. The molecule has 0 amide bonds. The minimum absolute atomic E-state index is 0.103. The van der Waals surface area contributed by atoms with Crippen LogP contribution in [-0.4, -0.2) is 5.78 Å². The molecule has 1 atom stereocenters. The number of nitrogens with zero attached hydrogens (tertiary/aromatic N) is 1. The molecule has 2 nitrogen and oxygen atoms in total. The molecule has 0 aliphatic rings. The lowest BCUT2D eigenvalue weighted by atomic mass is 9.75. The predicted octanol–water partition coefficient (Wildman–Crippen LogP) is 3.80. The molecule has 0 spiro atoms. The highest BCUT2D eigenvalue weighted by Crippen LogP contribution is 2.32. The maximum Gasteiger partial charge on any atom is 0.197 e. The summed E-state index contributed by atoms with van der Waals surface area (Å²) in [5, 5.41) is 11.4. The number of ketones is 1. The summed E-state index contributed by atoms with van der Waals surface area (Å²) in [4.78, 5) is 13.2. The Balaban J connectivity index is 2.53. The third kappa shape index (κ3) is 1.96. The predicted molar refractivity (Wildman–Crippen MR) is 72.7 cm³/mol. The first-order chi connectivity index (χ1) is 8.74. The van der Waals surface area contributed by atoms with Gasteiger partial charge in [-0.05, 0) is 23.4 Å². The molecular weight excluding hydrogens is 242 g/mol. The van der Waals surface area contributed by atoms with Gasteiger partial charge in [-0.2, -0.15) is 5.26 Å². The van der Waals surface area contributed by atoms with Crippen molar-refractivity contribution in [1.82, 2.24) is 0 Å². The Labute approximate surface area is 111 Å². The van der Waals surface area contributed by atoms with Crippen LogP contribution in [0.3, 0.4) is 0 Å². The maximum atomic E-state index is 12.6. The lowest BCUT2D eigenvalue weighted by Gasteiger charge is -2.23. The van der Waals surface area contributed by atoms with Crippen LogP contribution in [0.25, 0.3) is 0 Å². The maximum absolute atomic E-state index is 12.6. The van der Waals surface area contributed by atoms with Gasteiger partial charge in [0.2, 0.25) is 0 Å². The third-order valence-corrected chi connectivity index (χ3v) is 3.99. The average Bonchev–Trinajstić information content (AvgIpc) is 2.96. The zero-order valence-corrected chi connectivity index (χ0v) is 10.9. The summed E-state index contributed by atoms with van der Waals surface area (Å²) in [5.74, 6) is -0.103. The lowest BCUT2D eigenvalue weighted by Crippen LogP contribution is -2.33. The normalized spacial score (nSPS) is 13.6. The van der Waals surface area contributed by atoms with Crippen molar-refractivity contribution in [3.63, 3.8) is 0 Å². The van der Waals surface area contributed by atoms with Gasteiger partial charge in [-0.25, -0.2) is 0 Å². The van der Waals surface area contributed by atoms with E-state index in [0.717, 1.165) is 5.56 Å². The Kier molecular flexibility index (Phi) is 3.59. The van der Waals surface area contributed by atoms with Crippen LogP contribution >= 0.6 is 11.3 Å². The third-order valence-electron chi connectivity index (χ3n) is 3.12. The van der Waals surface area contributed by atoms with E-state index in [-0.39, 0.29) is 5.78 Å². The molecule has 1 unspecified atom stereocenters. The van der Waals surface area contributed by atoms with Gasteiger partial charge in [-0.3, -0.25) is 4.79 Å². The highest BCUT2D eigenvalue weighted by molar-refractivity contribution is 7.12. The molecule has 0 radical (unpaired) electrons. The van der Waals surface area contributed by atoms with Gasteiger partial charge in [0, 0.05) is 0 Å². The number of hydrogen-bond acceptors (Lipinski definition) is 3. The smallest absolute Gasteiger partial charge is 0.197 e. The van der Waals surface area contributed by atoms with Crippen molar-refractivity contribution in [2.24, 2.45) is 0 Å². The first kappa shape index (κ1) is 12.5. The quantitative estimate of drug-likeness (QED) is 0.780. The Hall–Kier alpha value is -1.92. The monoisotopic (exact) mass is 255 g/mol. The molecule has 1 heterocycles. The number of benzene rings is 1. The molecule has 0 saturated heterocycles. The molecule has 0 N–H and O–H groups in total. The Morgan fingerprint density at radius 3 is 2.50 bits per heavy atom. The zero-order valence-electron chi connectivity index (χ0n) is 10.1. The van der Waals surface area contributed by atoms with E-state index >= 15 is 0 Å². The number of hydrogen-bond donors (Lipinski definition) is 0. The number of thiophene rings is 1. The average molecular weight is 255 g/mol.